The maximum atomic E-state index is 11.4. The van der Waals surface area contributed by atoms with Crippen LogP contribution in [0.15, 0.2) is 0 Å². The Labute approximate surface area is 115 Å². The van der Waals surface area contributed by atoms with Crippen molar-refractivity contribution in [2.45, 2.75) is 45.2 Å². The summed E-state index contributed by atoms with van der Waals surface area (Å²) in [5, 5.41) is 3.36. The quantitative estimate of drug-likeness (QED) is 0.715. The molecule has 0 aromatic rings. The summed E-state index contributed by atoms with van der Waals surface area (Å²) in [6.45, 7) is 5.22. The molecule has 1 unspecified atom stereocenters. The van der Waals surface area contributed by atoms with Crippen LogP contribution in [0.5, 0.6) is 0 Å². The van der Waals surface area contributed by atoms with Gasteiger partial charge in [0.2, 0.25) is 10.0 Å². The summed E-state index contributed by atoms with van der Waals surface area (Å²) in [5.41, 5.74) is 0. The number of sulfonamides is 1. The third-order valence-electron chi connectivity index (χ3n) is 3.22. The number of hydrogen-bond acceptors (Lipinski definition) is 5. The standard InChI is InChI=1S/C12H24N2O4S/c1-4-18-12(15)9-10(2)13-11-5-7-14(8-6-11)19(3,16)17/h10-11,13H,4-9H2,1-3H3. The second-order valence-corrected chi connectivity index (χ2v) is 7.00. The van der Waals surface area contributed by atoms with Gasteiger partial charge in [0.05, 0.1) is 19.3 Å². The van der Waals surface area contributed by atoms with Crippen LogP contribution >= 0.6 is 0 Å². The van der Waals surface area contributed by atoms with E-state index in [1.807, 2.05) is 6.92 Å². The van der Waals surface area contributed by atoms with Crippen molar-refractivity contribution in [3.8, 4) is 0 Å². The summed E-state index contributed by atoms with van der Waals surface area (Å²) in [7, 11) is -3.07. The predicted octanol–water partition coefficient (Wildman–Crippen LogP) is 0.342. The fraction of sp³-hybridized carbons (Fsp3) is 0.917. The van der Waals surface area contributed by atoms with Crippen LogP contribution in [0.2, 0.25) is 0 Å². The molecule has 1 rings (SSSR count). The predicted molar refractivity (Wildman–Crippen MR) is 73.3 cm³/mol. The third-order valence-corrected chi connectivity index (χ3v) is 4.52. The van der Waals surface area contributed by atoms with Gasteiger partial charge in [-0.15, -0.1) is 0 Å². The van der Waals surface area contributed by atoms with Crippen molar-refractivity contribution in [2.75, 3.05) is 26.0 Å². The lowest BCUT2D eigenvalue weighted by molar-refractivity contribution is -0.143. The Hall–Kier alpha value is -0.660. The minimum Gasteiger partial charge on any atom is -0.466 e. The van der Waals surface area contributed by atoms with Crippen LogP contribution in [0.1, 0.15) is 33.1 Å². The van der Waals surface area contributed by atoms with Crippen molar-refractivity contribution in [2.24, 2.45) is 0 Å². The Morgan fingerprint density at radius 2 is 2.00 bits per heavy atom. The van der Waals surface area contributed by atoms with Crippen LogP contribution in [0.4, 0.5) is 0 Å². The number of nitrogens with one attached hydrogen (secondary N) is 1. The molecule has 112 valence electrons. The lowest BCUT2D eigenvalue weighted by atomic mass is 10.1. The van der Waals surface area contributed by atoms with Crippen LogP contribution in [0.25, 0.3) is 0 Å². The Bertz CT molecular complexity index is 389. The van der Waals surface area contributed by atoms with Gasteiger partial charge in [-0.1, -0.05) is 0 Å². The van der Waals surface area contributed by atoms with Gasteiger partial charge in [0, 0.05) is 25.2 Å². The molecule has 0 bridgehead atoms. The average molecular weight is 292 g/mol. The summed E-state index contributed by atoms with van der Waals surface area (Å²) in [6.07, 6.45) is 3.14. The van der Waals surface area contributed by atoms with Crippen molar-refractivity contribution >= 4 is 16.0 Å². The summed E-state index contributed by atoms with van der Waals surface area (Å²) < 4.78 is 29.2. The number of esters is 1. The highest BCUT2D eigenvalue weighted by Gasteiger charge is 2.25. The Kier molecular flexibility index (Phi) is 6.22. The van der Waals surface area contributed by atoms with Crippen LogP contribution < -0.4 is 5.32 Å². The number of carbonyl (C=O) groups is 1. The second-order valence-electron chi connectivity index (χ2n) is 5.01. The fourth-order valence-corrected chi connectivity index (χ4v) is 3.16. The number of piperidine rings is 1. The van der Waals surface area contributed by atoms with Crippen LogP contribution in [0.3, 0.4) is 0 Å². The van der Waals surface area contributed by atoms with Gasteiger partial charge in [0.15, 0.2) is 0 Å². The van der Waals surface area contributed by atoms with E-state index >= 15 is 0 Å². The number of rotatable bonds is 6. The molecule has 1 N–H and O–H groups in total. The van der Waals surface area contributed by atoms with Crippen LogP contribution in [-0.4, -0.2) is 56.7 Å². The maximum absolute atomic E-state index is 11.4. The minimum absolute atomic E-state index is 0.0498. The van der Waals surface area contributed by atoms with Gasteiger partial charge in [-0.3, -0.25) is 4.79 Å². The number of ether oxygens (including phenoxy) is 1. The zero-order valence-corrected chi connectivity index (χ0v) is 12.7. The second kappa shape index (κ2) is 7.21. The Balaban J connectivity index is 2.31. The molecule has 0 radical (unpaired) electrons. The first kappa shape index (κ1) is 16.4. The molecule has 6 nitrogen and oxygen atoms in total. The third kappa shape index (κ3) is 5.88. The summed E-state index contributed by atoms with van der Waals surface area (Å²) in [6, 6.07) is 0.316. The van der Waals surface area contributed by atoms with Crippen LogP contribution in [-0.2, 0) is 19.6 Å². The van der Waals surface area contributed by atoms with Gasteiger partial charge in [0.1, 0.15) is 0 Å². The highest BCUT2D eigenvalue weighted by atomic mass is 32.2. The average Bonchev–Trinajstić information content (AvgIpc) is 2.28. The topological polar surface area (TPSA) is 75.7 Å². The summed E-state index contributed by atoms with van der Waals surface area (Å²) >= 11 is 0. The largest absolute Gasteiger partial charge is 0.466 e. The molecule has 0 spiro atoms. The lowest BCUT2D eigenvalue weighted by Crippen LogP contribution is -2.47. The van der Waals surface area contributed by atoms with Crippen molar-refractivity contribution in [1.29, 1.82) is 0 Å². The van der Waals surface area contributed by atoms with E-state index < -0.39 is 10.0 Å². The SMILES string of the molecule is CCOC(=O)CC(C)NC1CCN(S(C)(=O)=O)CC1. The number of carbonyl (C=O) groups excluding carboxylic acids is 1. The Morgan fingerprint density at radius 1 is 1.42 bits per heavy atom. The molecule has 0 aliphatic carbocycles. The molecular weight excluding hydrogens is 268 g/mol. The van der Waals surface area contributed by atoms with E-state index in [2.05, 4.69) is 5.32 Å². The molecular formula is C12H24N2O4S. The molecule has 0 saturated carbocycles. The lowest BCUT2D eigenvalue weighted by Gasteiger charge is -2.32. The normalized spacial score (nSPS) is 20.2. The first-order valence-corrected chi connectivity index (χ1v) is 8.54. The molecule has 1 heterocycles. The smallest absolute Gasteiger partial charge is 0.307 e. The van der Waals surface area contributed by atoms with E-state index in [1.54, 1.807) is 6.92 Å². The van der Waals surface area contributed by atoms with Gasteiger partial charge in [-0.25, -0.2) is 12.7 Å². The molecule has 0 aromatic heterocycles. The van der Waals surface area contributed by atoms with E-state index in [1.165, 1.54) is 10.6 Å². The van der Waals surface area contributed by atoms with Crippen LogP contribution in [0, 0.1) is 0 Å². The van der Waals surface area contributed by atoms with Gasteiger partial charge >= 0.3 is 5.97 Å². The number of nitrogens with zero attached hydrogens (tertiary/aromatic N) is 1. The minimum atomic E-state index is -3.07. The van der Waals surface area contributed by atoms with Crippen molar-refractivity contribution in [3.05, 3.63) is 0 Å². The summed E-state index contributed by atoms with van der Waals surface area (Å²) in [5.74, 6) is -0.198. The van der Waals surface area contributed by atoms with E-state index in [0.717, 1.165) is 12.8 Å². The zero-order chi connectivity index (χ0) is 14.5. The van der Waals surface area contributed by atoms with Gasteiger partial charge < -0.3 is 10.1 Å². The maximum Gasteiger partial charge on any atom is 0.307 e. The monoisotopic (exact) mass is 292 g/mol. The van der Waals surface area contributed by atoms with E-state index in [0.29, 0.717) is 26.1 Å². The molecule has 7 heteroatoms. The highest BCUT2D eigenvalue weighted by molar-refractivity contribution is 7.88. The summed E-state index contributed by atoms with van der Waals surface area (Å²) in [4.78, 5) is 11.3. The zero-order valence-electron chi connectivity index (χ0n) is 11.9. The van der Waals surface area contributed by atoms with Crippen molar-refractivity contribution in [3.63, 3.8) is 0 Å². The highest BCUT2D eigenvalue weighted by Crippen LogP contribution is 2.14. The van der Waals surface area contributed by atoms with Crippen molar-refractivity contribution in [1.82, 2.24) is 9.62 Å². The molecule has 0 amide bonds. The van der Waals surface area contributed by atoms with Gasteiger partial charge in [0.25, 0.3) is 0 Å². The van der Waals surface area contributed by atoms with E-state index in [-0.39, 0.29) is 18.1 Å². The van der Waals surface area contributed by atoms with Crippen molar-refractivity contribution < 1.29 is 17.9 Å². The first-order chi connectivity index (χ1) is 8.82. The molecule has 0 aromatic carbocycles. The van der Waals surface area contributed by atoms with E-state index in [4.69, 9.17) is 4.74 Å². The van der Waals surface area contributed by atoms with Gasteiger partial charge in [-0.05, 0) is 26.7 Å². The first-order valence-electron chi connectivity index (χ1n) is 6.69. The molecule has 1 atom stereocenters. The Morgan fingerprint density at radius 3 is 2.47 bits per heavy atom. The molecule has 1 aliphatic rings. The molecule has 1 fully saturated rings. The molecule has 1 aliphatic heterocycles. The molecule has 1 saturated heterocycles. The fourth-order valence-electron chi connectivity index (χ4n) is 2.29. The van der Waals surface area contributed by atoms with E-state index in [9.17, 15) is 13.2 Å². The van der Waals surface area contributed by atoms with Gasteiger partial charge in [-0.2, -0.15) is 0 Å². The number of hydrogen-bond donors (Lipinski definition) is 1. The molecule has 19 heavy (non-hydrogen) atoms.